The number of likely N-dealkylation sites (N-methyl/N-ethyl adjacent to an activating group) is 1. The van der Waals surface area contributed by atoms with Crippen LogP contribution in [0.25, 0.3) is 0 Å². The lowest BCUT2D eigenvalue weighted by molar-refractivity contribution is -0.137. The molecule has 15 heteroatoms. The van der Waals surface area contributed by atoms with Gasteiger partial charge < -0.3 is 19.3 Å². The summed E-state index contributed by atoms with van der Waals surface area (Å²) in [5.74, 6) is -2.45. The Hall–Kier alpha value is -4.27. The number of nitrogens with zero attached hydrogens (tertiary/aromatic N) is 4. The van der Waals surface area contributed by atoms with Crippen LogP contribution in [0, 0.1) is 11.7 Å². The van der Waals surface area contributed by atoms with Gasteiger partial charge in [0.05, 0.1) is 35.4 Å². The lowest BCUT2D eigenvalue weighted by Gasteiger charge is -2.47. The number of pyridine rings is 1. The first kappa shape index (κ1) is 39.0. The maximum atomic E-state index is 17.3. The summed E-state index contributed by atoms with van der Waals surface area (Å²) in [5, 5.41) is -0.537. The SMILES string of the molecule is C[C@@H]1[C@@H](C)C/C=C(\F)[C@H](C(=O)N(C)CCOc2cncc(F)c2)N2CCC[C@@]23CN2CCCCc4cc(Cl)cc3c4COc3ccc(cc32)C(=O)NS1(=O)=O. The number of benzene rings is 2. The van der Waals surface area contributed by atoms with Gasteiger partial charge >= 0.3 is 0 Å². The van der Waals surface area contributed by atoms with E-state index in [0.29, 0.717) is 48.9 Å². The summed E-state index contributed by atoms with van der Waals surface area (Å²) >= 11 is 6.91. The van der Waals surface area contributed by atoms with Crippen LogP contribution in [-0.4, -0.2) is 86.1 Å². The molecule has 4 aliphatic rings. The van der Waals surface area contributed by atoms with Crippen molar-refractivity contribution >= 4 is 39.1 Å². The fourth-order valence-electron chi connectivity index (χ4n) is 8.40. The maximum Gasteiger partial charge on any atom is 0.264 e. The number of aromatic nitrogens is 1. The molecule has 2 amide bonds. The van der Waals surface area contributed by atoms with Gasteiger partial charge in [-0.05, 0) is 98.4 Å². The van der Waals surface area contributed by atoms with E-state index in [0.717, 1.165) is 42.1 Å². The molecule has 0 saturated carbocycles. The molecular weight excluding hydrogens is 752 g/mol. The van der Waals surface area contributed by atoms with E-state index in [9.17, 15) is 22.4 Å². The Morgan fingerprint density at radius 2 is 1.95 bits per heavy atom. The number of hydrogen-bond donors (Lipinski definition) is 1. The molecule has 1 spiro atoms. The fraction of sp³-hybridized carbons (Fsp3) is 0.475. The zero-order valence-corrected chi connectivity index (χ0v) is 32.8. The number of anilines is 1. The molecular formula is C40H46ClF2N5O6S. The quantitative estimate of drug-likeness (QED) is 0.324. The van der Waals surface area contributed by atoms with Gasteiger partial charge in [0.1, 0.15) is 42.4 Å². The van der Waals surface area contributed by atoms with Gasteiger partial charge in [0.25, 0.3) is 5.91 Å². The highest BCUT2D eigenvalue weighted by Crippen LogP contribution is 2.49. The van der Waals surface area contributed by atoms with Gasteiger partial charge in [-0.25, -0.2) is 21.9 Å². The van der Waals surface area contributed by atoms with Crippen LogP contribution < -0.4 is 19.1 Å². The standard InChI is InChI=1S/C40H46ClF2N5O6S/c1-25-8-10-34(43)37(39(50)46(3)15-16-53-31-20-30(42)21-44-22-31)48-14-6-12-40(48)24-47-13-5-4-7-27-17-29(41)19-33(40)32(27)23-54-36-11-9-28(18-35(36)47)38(49)45-55(51,52)26(25)2/h9-11,17-22,25-26,37H,4-8,12-16,23-24H2,1-3H3,(H,45,49)/b34-10-/t25-,26+,37+,40-/m0/s1. The molecule has 7 bridgehead atoms. The van der Waals surface area contributed by atoms with Crippen LogP contribution in [0.1, 0.15) is 73.0 Å². The highest BCUT2D eigenvalue weighted by atomic mass is 35.5. The summed E-state index contributed by atoms with van der Waals surface area (Å²) in [6.45, 7) is 4.62. The van der Waals surface area contributed by atoms with Crippen molar-refractivity contribution in [2.45, 2.75) is 75.8 Å². The number of hydrogen-bond acceptors (Lipinski definition) is 9. The number of nitrogens with one attached hydrogen (secondary N) is 1. The second-order valence-corrected chi connectivity index (χ2v) is 17.6. The molecule has 55 heavy (non-hydrogen) atoms. The van der Waals surface area contributed by atoms with Crippen molar-refractivity contribution in [1.29, 1.82) is 0 Å². The van der Waals surface area contributed by atoms with E-state index in [-0.39, 0.29) is 37.5 Å². The number of ether oxygens (including phenoxy) is 2. The number of carbonyl (C=O) groups is 2. The maximum absolute atomic E-state index is 17.3. The molecule has 0 aliphatic carbocycles. The van der Waals surface area contributed by atoms with Gasteiger partial charge in [-0.1, -0.05) is 24.6 Å². The molecule has 11 nitrogen and oxygen atoms in total. The Morgan fingerprint density at radius 1 is 1.13 bits per heavy atom. The average Bonchev–Trinajstić information content (AvgIpc) is 3.57. The smallest absolute Gasteiger partial charge is 0.264 e. The second-order valence-electron chi connectivity index (χ2n) is 15.1. The number of allylic oxidation sites excluding steroid dienone is 1. The van der Waals surface area contributed by atoms with Crippen LogP contribution >= 0.6 is 11.6 Å². The minimum atomic E-state index is -4.18. The largest absolute Gasteiger partial charge is 0.490 e. The van der Waals surface area contributed by atoms with Crippen molar-refractivity contribution in [3.63, 3.8) is 0 Å². The molecule has 1 aromatic heterocycles. The normalized spacial score (nSPS) is 26.2. The average molecular weight is 798 g/mol. The van der Waals surface area contributed by atoms with E-state index in [1.54, 1.807) is 32.2 Å². The van der Waals surface area contributed by atoms with Gasteiger partial charge in [0, 0.05) is 43.3 Å². The lowest BCUT2D eigenvalue weighted by atomic mass is 9.79. The third-order valence-corrected chi connectivity index (χ3v) is 13.8. The van der Waals surface area contributed by atoms with Crippen LogP contribution in [0.15, 0.2) is 60.7 Å². The summed E-state index contributed by atoms with van der Waals surface area (Å²) < 4.78 is 72.6. The Bertz CT molecular complexity index is 2120. The molecule has 7 rings (SSSR count). The number of carbonyl (C=O) groups excluding carboxylic acids is 2. The second kappa shape index (κ2) is 15.7. The van der Waals surface area contributed by atoms with Gasteiger partial charge in [-0.3, -0.25) is 19.5 Å². The molecule has 4 aliphatic heterocycles. The number of fused-ring (bicyclic) bond motifs is 1. The third-order valence-electron chi connectivity index (χ3n) is 11.6. The molecule has 1 N–H and O–H groups in total. The van der Waals surface area contributed by atoms with Crippen molar-refractivity contribution < 1.29 is 36.3 Å². The summed E-state index contributed by atoms with van der Waals surface area (Å²) in [7, 11) is -2.61. The minimum absolute atomic E-state index is 0.000728. The van der Waals surface area contributed by atoms with E-state index < -0.39 is 56.2 Å². The van der Waals surface area contributed by atoms with Gasteiger partial charge in [0.15, 0.2) is 0 Å². The molecule has 2 aromatic carbocycles. The lowest BCUT2D eigenvalue weighted by Crippen LogP contribution is -2.58. The van der Waals surface area contributed by atoms with Crippen molar-refractivity contribution in [3.8, 4) is 11.5 Å². The first-order valence-electron chi connectivity index (χ1n) is 18.8. The van der Waals surface area contributed by atoms with Crippen LogP contribution in [0.4, 0.5) is 14.5 Å². The summed E-state index contributed by atoms with van der Waals surface area (Å²) in [6.07, 6.45) is 7.31. The first-order valence-corrected chi connectivity index (χ1v) is 20.7. The summed E-state index contributed by atoms with van der Waals surface area (Å²) in [5.41, 5.74) is 2.65. The number of amides is 2. The topological polar surface area (TPSA) is 121 Å². The fourth-order valence-corrected chi connectivity index (χ4v) is 9.92. The predicted octanol–water partition coefficient (Wildman–Crippen LogP) is 6.15. The summed E-state index contributed by atoms with van der Waals surface area (Å²) in [6, 6.07) is 8.63. The number of sulfonamides is 1. The van der Waals surface area contributed by atoms with Crippen LogP contribution in [-0.2, 0) is 33.4 Å². The Balaban J connectivity index is 1.39. The Morgan fingerprint density at radius 3 is 2.75 bits per heavy atom. The molecule has 4 atom stereocenters. The highest BCUT2D eigenvalue weighted by Gasteiger charge is 2.52. The van der Waals surface area contributed by atoms with E-state index in [2.05, 4.69) is 14.6 Å². The van der Waals surface area contributed by atoms with Crippen molar-refractivity contribution in [2.75, 3.05) is 44.7 Å². The van der Waals surface area contributed by atoms with Crippen LogP contribution in [0.5, 0.6) is 11.5 Å². The Kier molecular flexibility index (Phi) is 11.1. The van der Waals surface area contributed by atoms with E-state index in [1.807, 2.05) is 17.0 Å². The highest BCUT2D eigenvalue weighted by molar-refractivity contribution is 7.90. The monoisotopic (exact) mass is 797 g/mol. The number of rotatable bonds is 5. The predicted molar refractivity (Wildman–Crippen MR) is 205 cm³/mol. The van der Waals surface area contributed by atoms with Gasteiger partial charge in [-0.2, -0.15) is 0 Å². The van der Waals surface area contributed by atoms with Crippen LogP contribution in [0.2, 0.25) is 5.02 Å². The zero-order chi connectivity index (χ0) is 39.1. The molecule has 3 aromatic rings. The van der Waals surface area contributed by atoms with Crippen molar-refractivity contribution in [3.05, 3.63) is 93.8 Å². The molecule has 5 heterocycles. The molecule has 1 fully saturated rings. The Labute approximate surface area is 325 Å². The molecule has 0 unspecified atom stereocenters. The van der Waals surface area contributed by atoms with Crippen molar-refractivity contribution in [2.24, 2.45) is 5.92 Å². The van der Waals surface area contributed by atoms with E-state index in [1.165, 1.54) is 30.2 Å². The van der Waals surface area contributed by atoms with Crippen molar-refractivity contribution in [1.82, 2.24) is 19.5 Å². The number of halogens is 3. The summed E-state index contributed by atoms with van der Waals surface area (Å²) in [4.78, 5) is 37.7. The minimum Gasteiger partial charge on any atom is -0.490 e. The zero-order valence-electron chi connectivity index (χ0n) is 31.2. The van der Waals surface area contributed by atoms with Gasteiger partial charge in [-0.15, -0.1) is 0 Å². The number of aryl methyl sites for hydroxylation is 1. The third kappa shape index (κ3) is 7.77. The molecule has 0 radical (unpaired) electrons. The van der Waals surface area contributed by atoms with E-state index >= 15 is 4.39 Å². The van der Waals surface area contributed by atoms with E-state index in [4.69, 9.17) is 21.1 Å². The van der Waals surface area contributed by atoms with Crippen LogP contribution in [0.3, 0.4) is 0 Å². The molecule has 1 saturated heterocycles. The molecule has 294 valence electrons. The first-order chi connectivity index (χ1) is 26.3. The van der Waals surface area contributed by atoms with Gasteiger partial charge in [0.2, 0.25) is 15.9 Å².